The summed E-state index contributed by atoms with van der Waals surface area (Å²) in [5.74, 6) is -1.12. The van der Waals surface area contributed by atoms with Crippen LogP contribution in [0.25, 0.3) is 0 Å². The summed E-state index contributed by atoms with van der Waals surface area (Å²) in [5.41, 5.74) is 6.30. The molecule has 0 saturated carbocycles. The summed E-state index contributed by atoms with van der Waals surface area (Å²) >= 11 is 0. The van der Waals surface area contributed by atoms with Crippen molar-refractivity contribution in [2.75, 3.05) is 6.54 Å². The summed E-state index contributed by atoms with van der Waals surface area (Å²) in [4.78, 5) is 11.5. The summed E-state index contributed by atoms with van der Waals surface area (Å²) < 4.78 is 25.9. The highest BCUT2D eigenvalue weighted by atomic mass is 19.1. The van der Waals surface area contributed by atoms with Gasteiger partial charge in [0.2, 0.25) is 5.91 Å². The highest BCUT2D eigenvalue weighted by Crippen LogP contribution is 2.08. The summed E-state index contributed by atoms with van der Waals surface area (Å²) in [6.07, 6.45) is 0.645. The number of nitrogens with two attached hydrogens (primary N) is 1. The Balaban J connectivity index is 2.35. The monoisotopic (exact) mass is 270 g/mol. The van der Waals surface area contributed by atoms with Crippen molar-refractivity contribution in [2.24, 2.45) is 11.7 Å². The van der Waals surface area contributed by atoms with Gasteiger partial charge in [-0.1, -0.05) is 13.8 Å². The number of nitrogens with one attached hydrogen (secondary N) is 1. The first-order chi connectivity index (χ1) is 8.88. The number of benzene rings is 1. The molecule has 106 valence electrons. The molecule has 19 heavy (non-hydrogen) atoms. The molecule has 1 unspecified atom stereocenters. The number of halogens is 2. The number of hydrogen-bond donors (Lipinski definition) is 2. The maximum atomic E-state index is 12.9. The quantitative estimate of drug-likeness (QED) is 0.830. The van der Waals surface area contributed by atoms with E-state index in [1.54, 1.807) is 0 Å². The molecule has 3 nitrogen and oxygen atoms in total. The number of amides is 1. The van der Waals surface area contributed by atoms with Gasteiger partial charge in [-0.2, -0.15) is 0 Å². The molecule has 0 aliphatic heterocycles. The SMILES string of the molecule is CC(C)C(N)CC(=O)NCCc1cc(F)cc(F)c1. The maximum absolute atomic E-state index is 12.9. The Bertz CT molecular complexity index is 415. The number of carbonyl (C=O) groups is 1. The third-order valence-electron chi connectivity index (χ3n) is 2.94. The van der Waals surface area contributed by atoms with E-state index in [9.17, 15) is 13.6 Å². The zero-order valence-electron chi connectivity index (χ0n) is 11.2. The number of carbonyl (C=O) groups excluding carboxylic acids is 1. The van der Waals surface area contributed by atoms with Gasteiger partial charge < -0.3 is 11.1 Å². The average Bonchev–Trinajstić information content (AvgIpc) is 2.27. The molecule has 0 fully saturated rings. The molecule has 5 heteroatoms. The van der Waals surface area contributed by atoms with Gasteiger partial charge in [0.25, 0.3) is 0 Å². The molecule has 3 N–H and O–H groups in total. The lowest BCUT2D eigenvalue weighted by atomic mass is 10.0. The third-order valence-corrected chi connectivity index (χ3v) is 2.94. The predicted molar refractivity (Wildman–Crippen MR) is 70.5 cm³/mol. The molecule has 1 aromatic carbocycles. The van der Waals surface area contributed by atoms with E-state index in [-0.39, 0.29) is 24.3 Å². The molecule has 0 saturated heterocycles. The largest absolute Gasteiger partial charge is 0.356 e. The normalized spacial score (nSPS) is 12.5. The smallest absolute Gasteiger partial charge is 0.221 e. The lowest BCUT2D eigenvalue weighted by Crippen LogP contribution is -2.35. The van der Waals surface area contributed by atoms with Crippen LogP contribution >= 0.6 is 0 Å². The fraction of sp³-hybridized carbons (Fsp3) is 0.500. The molecule has 0 bridgehead atoms. The van der Waals surface area contributed by atoms with Crippen molar-refractivity contribution in [2.45, 2.75) is 32.7 Å². The van der Waals surface area contributed by atoms with Gasteiger partial charge in [0.15, 0.2) is 0 Å². The minimum absolute atomic E-state index is 0.141. The van der Waals surface area contributed by atoms with Crippen molar-refractivity contribution in [1.29, 1.82) is 0 Å². The first kappa shape index (κ1) is 15.6. The van der Waals surface area contributed by atoms with Crippen molar-refractivity contribution in [3.05, 3.63) is 35.4 Å². The molecule has 0 aromatic heterocycles. The average molecular weight is 270 g/mol. The summed E-state index contributed by atoms with van der Waals surface area (Å²) in [7, 11) is 0. The van der Waals surface area contributed by atoms with Gasteiger partial charge in [-0.25, -0.2) is 8.78 Å². The van der Waals surface area contributed by atoms with Crippen LogP contribution in [0.1, 0.15) is 25.8 Å². The number of rotatable bonds is 6. The standard InChI is InChI=1S/C14H20F2N2O/c1-9(2)13(17)8-14(19)18-4-3-10-5-11(15)7-12(16)6-10/h5-7,9,13H,3-4,8,17H2,1-2H3,(H,18,19). The van der Waals surface area contributed by atoms with E-state index in [2.05, 4.69) is 5.32 Å². The number of hydrogen-bond acceptors (Lipinski definition) is 2. The summed E-state index contributed by atoms with van der Waals surface area (Å²) in [5, 5.41) is 2.69. The van der Waals surface area contributed by atoms with Crippen LogP contribution in [0.5, 0.6) is 0 Å². The van der Waals surface area contributed by atoms with Gasteiger partial charge in [0.1, 0.15) is 11.6 Å². The van der Waals surface area contributed by atoms with Crippen molar-refractivity contribution >= 4 is 5.91 Å². The molecule has 1 aromatic rings. The minimum atomic E-state index is -0.608. The zero-order chi connectivity index (χ0) is 14.4. The van der Waals surface area contributed by atoms with E-state index in [0.29, 0.717) is 18.5 Å². The van der Waals surface area contributed by atoms with Gasteiger partial charge in [-0.05, 0) is 30.0 Å². The Morgan fingerprint density at radius 3 is 2.37 bits per heavy atom. The van der Waals surface area contributed by atoms with E-state index in [4.69, 9.17) is 5.73 Å². The van der Waals surface area contributed by atoms with Crippen molar-refractivity contribution < 1.29 is 13.6 Å². The van der Waals surface area contributed by atoms with Crippen LogP contribution in [0.3, 0.4) is 0 Å². The van der Waals surface area contributed by atoms with E-state index in [1.165, 1.54) is 12.1 Å². The Kier molecular flexibility index (Phi) is 5.89. The first-order valence-corrected chi connectivity index (χ1v) is 6.35. The van der Waals surface area contributed by atoms with Gasteiger partial charge in [-0.15, -0.1) is 0 Å². The minimum Gasteiger partial charge on any atom is -0.356 e. The summed E-state index contributed by atoms with van der Waals surface area (Å²) in [6.45, 7) is 4.24. The van der Waals surface area contributed by atoms with Gasteiger partial charge in [-0.3, -0.25) is 4.79 Å². The molecule has 0 radical (unpaired) electrons. The fourth-order valence-corrected chi connectivity index (χ4v) is 1.62. The Labute approximate surface area is 112 Å². The third kappa shape index (κ3) is 5.79. The van der Waals surface area contributed by atoms with E-state index >= 15 is 0 Å². The Morgan fingerprint density at radius 1 is 1.26 bits per heavy atom. The summed E-state index contributed by atoms with van der Waals surface area (Å²) in [6, 6.07) is 3.17. The van der Waals surface area contributed by atoms with E-state index in [0.717, 1.165) is 6.07 Å². The van der Waals surface area contributed by atoms with Crippen LogP contribution in [-0.4, -0.2) is 18.5 Å². The Morgan fingerprint density at radius 2 is 1.84 bits per heavy atom. The lowest BCUT2D eigenvalue weighted by Gasteiger charge is -2.15. The van der Waals surface area contributed by atoms with Crippen LogP contribution in [0.4, 0.5) is 8.78 Å². The maximum Gasteiger partial charge on any atom is 0.221 e. The fourth-order valence-electron chi connectivity index (χ4n) is 1.62. The second kappa shape index (κ2) is 7.19. The topological polar surface area (TPSA) is 55.1 Å². The second-order valence-corrected chi connectivity index (χ2v) is 4.99. The molecule has 0 aliphatic carbocycles. The predicted octanol–water partition coefficient (Wildman–Crippen LogP) is 2.00. The molecular formula is C14H20F2N2O. The molecule has 0 aliphatic rings. The first-order valence-electron chi connectivity index (χ1n) is 6.35. The van der Waals surface area contributed by atoms with Gasteiger partial charge >= 0.3 is 0 Å². The van der Waals surface area contributed by atoms with Crippen molar-refractivity contribution in [3.63, 3.8) is 0 Å². The van der Waals surface area contributed by atoms with Gasteiger partial charge in [0, 0.05) is 25.1 Å². The molecule has 1 amide bonds. The zero-order valence-corrected chi connectivity index (χ0v) is 11.2. The van der Waals surface area contributed by atoms with Crippen LogP contribution in [-0.2, 0) is 11.2 Å². The van der Waals surface area contributed by atoms with Crippen LogP contribution in [0.15, 0.2) is 18.2 Å². The van der Waals surface area contributed by atoms with Crippen LogP contribution in [0, 0.1) is 17.6 Å². The molecular weight excluding hydrogens is 250 g/mol. The van der Waals surface area contributed by atoms with Gasteiger partial charge in [0.05, 0.1) is 0 Å². The lowest BCUT2D eigenvalue weighted by molar-refractivity contribution is -0.121. The Hall–Kier alpha value is -1.49. The molecule has 0 spiro atoms. The highest BCUT2D eigenvalue weighted by molar-refractivity contribution is 5.76. The van der Waals surface area contributed by atoms with E-state index < -0.39 is 11.6 Å². The van der Waals surface area contributed by atoms with Crippen LogP contribution in [0.2, 0.25) is 0 Å². The van der Waals surface area contributed by atoms with E-state index in [1.807, 2.05) is 13.8 Å². The molecule has 0 heterocycles. The highest BCUT2D eigenvalue weighted by Gasteiger charge is 2.12. The molecule has 1 atom stereocenters. The van der Waals surface area contributed by atoms with Crippen molar-refractivity contribution in [3.8, 4) is 0 Å². The second-order valence-electron chi connectivity index (χ2n) is 4.99. The van der Waals surface area contributed by atoms with Crippen LogP contribution < -0.4 is 11.1 Å². The molecule has 1 rings (SSSR count). The van der Waals surface area contributed by atoms with Crippen molar-refractivity contribution in [1.82, 2.24) is 5.32 Å².